The molecule has 22 heavy (non-hydrogen) atoms. The molecule has 1 atom stereocenters. The molecule has 0 spiro atoms. The first-order chi connectivity index (χ1) is 10.7. The number of fused-ring (bicyclic) bond motifs is 2. The zero-order valence-corrected chi connectivity index (χ0v) is 12.8. The van der Waals surface area contributed by atoms with Gasteiger partial charge in [0, 0.05) is 24.8 Å². The van der Waals surface area contributed by atoms with E-state index in [9.17, 15) is 4.79 Å². The van der Waals surface area contributed by atoms with Gasteiger partial charge in [0.2, 0.25) is 5.91 Å². The van der Waals surface area contributed by atoms with Crippen LogP contribution in [0.25, 0.3) is 0 Å². The summed E-state index contributed by atoms with van der Waals surface area (Å²) in [7, 11) is 0. The molecule has 2 aliphatic heterocycles. The average molecular weight is 292 g/mol. The predicted octanol–water partition coefficient (Wildman–Crippen LogP) is 2.98. The lowest BCUT2D eigenvalue weighted by atomic mass is 10.1. The van der Waals surface area contributed by atoms with E-state index in [0.29, 0.717) is 12.6 Å². The molecule has 3 nitrogen and oxygen atoms in total. The van der Waals surface area contributed by atoms with Crippen molar-refractivity contribution in [1.29, 1.82) is 0 Å². The molecule has 0 N–H and O–H groups in total. The maximum atomic E-state index is 12.7. The molecule has 2 aromatic rings. The Morgan fingerprint density at radius 3 is 2.27 bits per heavy atom. The van der Waals surface area contributed by atoms with Gasteiger partial charge in [-0.25, -0.2) is 0 Å². The maximum Gasteiger partial charge on any atom is 0.242 e. The Bertz CT molecular complexity index is 700. The first kappa shape index (κ1) is 13.4. The SMILES string of the molecule is C[C@H]1Cc2ccccc2N1CC(=O)N1Cc2ccccc2C1. The fourth-order valence-corrected chi connectivity index (χ4v) is 3.63. The second-order valence-electron chi connectivity index (χ2n) is 6.33. The van der Waals surface area contributed by atoms with Gasteiger partial charge < -0.3 is 9.80 Å². The highest BCUT2D eigenvalue weighted by Gasteiger charge is 2.30. The first-order valence-electron chi connectivity index (χ1n) is 7.91. The third-order valence-corrected chi connectivity index (χ3v) is 4.85. The smallest absolute Gasteiger partial charge is 0.242 e. The molecular formula is C19H20N2O. The second-order valence-corrected chi connectivity index (χ2v) is 6.33. The van der Waals surface area contributed by atoms with Gasteiger partial charge in [0.25, 0.3) is 0 Å². The van der Waals surface area contributed by atoms with E-state index in [4.69, 9.17) is 0 Å². The number of hydrogen-bond acceptors (Lipinski definition) is 2. The van der Waals surface area contributed by atoms with Crippen LogP contribution in [-0.4, -0.2) is 23.4 Å². The molecule has 0 aromatic heterocycles. The minimum Gasteiger partial charge on any atom is -0.359 e. The monoisotopic (exact) mass is 292 g/mol. The third-order valence-electron chi connectivity index (χ3n) is 4.85. The molecule has 2 aromatic carbocycles. The molecule has 0 fully saturated rings. The van der Waals surface area contributed by atoms with Crippen molar-refractivity contribution in [3.05, 3.63) is 65.2 Å². The summed E-state index contributed by atoms with van der Waals surface area (Å²) in [6.07, 6.45) is 1.03. The van der Waals surface area contributed by atoms with Crippen LogP contribution in [0.5, 0.6) is 0 Å². The second kappa shape index (κ2) is 5.16. The molecule has 2 heterocycles. The Hall–Kier alpha value is -2.29. The van der Waals surface area contributed by atoms with Crippen molar-refractivity contribution in [2.75, 3.05) is 11.4 Å². The number of carbonyl (C=O) groups excluding carboxylic acids is 1. The van der Waals surface area contributed by atoms with Gasteiger partial charge in [-0.05, 0) is 36.1 Å². The summed E-state index contributed by atoms with van der Waals surface area (Å²) >= 11 is 0. The quantitative estimate of drug-likeness (QED) is 0.849. The van der Waals surface area contributed by atoms with E-state index in [1.165, 1.54) is 22.4 Å². The number of nitrogens with zero attached hydrogens (tertiary/aromatic N) is 2. The van der Waals surface area contributed by atoms with Gasteiger partial charge in [0.1, 0.15) is 0 Å². The van der Waals surface area contributed by atoms with Crippen LogP contribution in [0.15, 0.2) is 48.5 Å². The zero-order valence-electron chi connectivity index (χ0n) is 12.8. The number of benzene rings is 2. The Balaban J connectivity index is 1.50. The molecular weight excluding hydrogens is 272 g/mol. The number of anilines is 1. The summed E-state index contributed by atoms with van der Waals surface area (Å²) in [5.41, 5.74) is 5.14. The van der Waals surface area contributed by atoms with E-state index < -0.39 is 0 Å². The molecule has 112 valence electrons. The van der Waals surface area contributed by atoms with Gasteiger partial charge in [0.15, 0.2) is 0 Å². The largest absolute Gasteiger partial charge is 0.359 e. The van der Waals surface area contributed by atoms with E-state index in [1.54, 1.807) is 0 Å². The molecule has 0 saturated heterocycles. The highest BCUT2D eigenvalue weighted by Crippen LogP contribution is 2.32. The molecule has 0 saturated carbocycles. The Morgan fingerprint density at radius 1 is 1.00 bits per heavy atom. The average Bonchev–Trinajstić information content (AvgIpc) is 3.09. The van der Waals surface area contributed by atoms with Gasteiger partial charge >= 0.3 is 0 Å². The Morgan fingerprint density at radius 2 is 1.59 bits per heavy atom. The topological polar surface area (TPSA) is 23.6 Å². The number of para-hydroxylation sites is 1. The van der Waals surface area contributed by atoms with Crippen LogP contribution in [0, 0.1) is 0 Å². The van der Waals surface area contributed by atoms with Gasteiger partial charge in [-0.15, -0.1) is 0 Å². The minimum atomic E-state index is 0.222. The van der Waals surface area contributed by atoms with Crippen LogP contribution in [0.3, 0.4) is 0 Å². The van der Waals surface area contributed by atoms with Crippen molar-refractivity contribution in [2.24, 2.45) is 0 Å². The van der Waals surface area contributed by atoms with E-state index in [-0.39, 0.29) is 5.91 Å². The lowest BCUT2D eigenvalue weighted by Crippen LogP contribution is -2.40. The van der Waals surface area contributed by atoms with Gasteiger partial charge in [-0.2, -0.15) is 0 Å². The van der Waals surface area contributed by atoms with Crippen molar-refractivity contribution < 1.29 is 4.79 Å². The van der Waals surface area contributed by atoms with E-state index in [1.807, 2.05) is 17.0 Å². The van der Waals surface area contributed by atoms with E-state index in [2.05, 4.69) is 48.2 Å². The molecule has 0 aliphatic carbocycles. The Labute approximate surface area is 131 Å². The highest BCUT2D eigenvalue weighted by molar-refractivity contribution is 5.83. The fraction of sp³-hybridized carbons (Fsp3) is 0.316. The summed E-state index contributed by atoms with van der Waals surface area (Å²) in [5.74, 6) is 0.222. The number of carbonyl (C=O) groups is 1. The van der Waals surface area contributed by atoms with Crippen molar-refractivity contribution in [2.45, 2.75) is 32.5 Å². The summed E-state index contributed by atoms with van der Waals surface area (Å²) in [6, 6.07) is 17.2. The normalized spacial score (nSPS) is 19.2. The van der Waals surface area contributed by atoms with Crippen molar-refractivity contribution in [3.8, 4) is 0 Å². The molecule has 0 radical (unpaired) electrons. The lowest BCUT2D eigenvalue weighted by Gasteiger charge is -2.27. The van der Waals surface area contributed by atoms with Crippen LogP contribution in [0.4, 0.5) is 5.69 Å². The van der Waals surface area contributed by atoms with Crippen molar-refractivity contribution in [3.63, 3.8) is 0 Å². The van der Waals surface area contributed by atoms with Crippen LogP contribution in [-0.2, 0) is 24.3 Å². The van der Waals surface area contributed by atoms with Crippen LogP contribution in [0.1, 0.15) is 23.6 Å². The van der Waals surface area contributed by atoms with Gasteiger partial charge in [-0.1, -0.05) is 42.5 Å². The first-order valence-corrected chi connectivity index (χ1v) is 7.91. The highest BCUT2D eigenvalue weighted by atomic mass is 16.2. The molecule has 4 rings (SSSR count). The number of rotatable bonds is 2. The maximum absolute atomic E-state index is 12.7. The standard InChI is InChI=1S/C19H20N2O/c1-14-10-15-6-4-5-9-18(15)21(14)13-19(22)20-11-16-7-2-3-8-17(16)12-20/h2-9,14H,10-13H2,1H3/t14-/m0/s1. The van der Waals surface area contributed by atoms with Crippen LogP contribution in [0.2, 0.25) is 0 Å². The molecule has 0 bridgehead atoms. The van der Waals surface area contributed by atoms with Gasteiger partial charge in [0.05, 0.1) is 6.54 Å². The fourth-order valence-electron chi connectivity index (χ4n) is 3.63. The molecule has 3 heteroatoms. The predicted molar refractivity (Wildman–Crippen MR) is 87.7 cm³/mol. The minimum absolute atomic E-state index is 0.222. The zero-order chi connectivity index (χ0) is 15.1. The number of amides is 1. The Kier molecular flexibility index (Phi) is 3.14. The summed E-state index contributed by atoms with van der Waals surface area (Å²) < 4.78 is 0. The van der Waals surface area contributed by atoms with Crippen molar-refractivity contribution in [1.82, 2.24) is 4.90 Å². The molecule has 2 aliphatic rings. The third kappa shape index (κ3) is 2.17. The van der Waals surface area contributed by atoms with E-state index in [0.717, 1.165) is 19.5 Å². The summed E-state index contributed by atoms with van der Waals surface area (Å²) in [6.45, 7) is 4.18. The molecule has 1 amide bonds. The summed E-state index contributed by atoms with van der Waals surface area (Å²) in [5, 5.41) is 0. The van der Waals surface area contributed by atoms with E-state index >= 15 is 0 Å². The van der Waals surface area contributed by atoms with Crippen LogP contribution < -0.4 is 4.90 Å². The number of hydrogen-bond donors (Lipinski definition) is 0. The molecule has 0 unspecified atom stereocenters. The van der Waals surface area contributed by atoms with Gasteiger partial charge in [-0.3, -0.25) is 4.79 Å². The lowest BCUT2D eigenvalue weighted by molar-refractivity contribution is -0.130. The van der Waals surface area contributed by atoms with Crippen LogP contribution >= 0.6 is 0 Å². The van der Waals surface area contributed by atoms with Crippen molar-refractivity contribution >= 4 is 11.6 Å². The summed E-state index contributed by atoms with van der Waals surface area (Å²) in [4.78, 5) is 16.9.